The van der Waals surface area contributed by atoms with E-state index in [1.807, 2.05) is 31.0 Å². The molecule has 184 valence electrons. The summed E-state index contributed by atoms with van der Waals surface area (Å²) in [6.07, 6.45) is 3.50. The molecule has 2 fully saturated rings. The second kappa shape index (κ2) is 10.6. The van der Waals surface area contributed by atoms with E-state index in [1.165, 1.54) is 0 Å². The molecule has 10 heteroatoms. The predicted molar refractivity (Wildman–Crippen MR) is 140 cm³/mol. The van der Waals surface area contributed by atoms with Crippen molar-refractivity contribution >= 4 is 46.1 Å². The minimum Gasteiger partial charge on any atom is -0.378 e. The van der Waals surface area contributed by atoms with Crippen LogP contribution in [0.1, 0.15) is 5.56 Å². The number of aromatic nitrogens is 3. The average molecular weight is 496 g/mol. The molecule has 5 rings (SSSR count). The fourth-order valence-electron chi connectivity index (χ4n) is 4.26. The topological polar surface area (TPSA) is 78.9 Å². The van der Waals surface area contributed by atoms with Crippen LogP contribution in [0.2, 0.25) is 5.15 Å². The monoisotopic (exact) mass is 495 g/mol. The predicted octanol–water partition coefficient (Wildman–Crippen LogP) is 4.02. The normalized spacial score (nSPS) is 16.3. The van der Waals surface area contributed by atoms with Crippen LogP contribution in [0.5, 0.6) is 0 Å². The molecule has 35 heavy (non-hydrogen) atoms. The molecule has 2 saturated heterocycles. The minimum absolute atomic E-state index is 0.503. The zero-order valence-electron chi connectivity index (χ0n) is 20.1. The van der Waals surface area contributed by atoms with E-state index in [1.54, 1.807) is 12.4 Å². The molecule has 0 bridgehead atoms. The highest BCUT2D eigenvalue weighted by atomic mass is 35.5. The number of hydrogen-bond donors (Lipinski definition) is 1. The van der Waals surface area contributed by atoms with Crippen molar-refractivity contribution in [2.45, 2.75) is 6.92 Å². The summed E-state index contributed by atoms with van der Waals surface area (Å²) in [7, 11) is 1.95. The molecule has 0 amide bonds. The molecular weight excluding hydrogens is 466 g/mol. The van der Waals surface area contributed by atoms with Crippen molar-refractivity contribution in [3.8, 4) is 0 Å². The number of hydrogen-bond acceptors (Lipinski definition) is 9. The van der Waals surface area contributed by atoms with Crippen molar-refractivity contribution in [2.75, 3.05) is 79.7 Å². The number of aryl methyl sites for hydroxylation is 1. The standard InChI is InChI=1S/C25H30ClN7O2/c1-18-13-22(17-28-24(18)26)31(2)23-3-4-27-25(30-23)29-19-14-20(32-5-9-34-10-6-32)16-21(15-19)33-7-11-35-12-8-33/h3-4,13-17H,5-12H2,1-2H3,(H,27,29,30). The van der Waals surface area contributed by atoms with Crippen molar-refractivity contribution in [1.29, 1.82) is 0 Å². The van der Waals surface area contributed by atoms with Gasteiger partial charge in [-0.05, 0) is 42.8 Å². The SMILES string of the molecule is Cc1cc(N(C)c2ccnc(Nc3cc(N4CCOCC4)cc(N4CCOCC4)c3)n2)cnc1Cl. The largest absolute Gasteiger partial charge is 0.378 e. The van der Waals surface area contributed by atoms with E-state index in [2.05, 4.69) is 43.3 Å². The molecule has 0 saturated carbocycles. The maximum atomic E-state index is 6.10. The molecule has 9 nitrogen and oxygen atoms in total. The van der Waals surface area contributed by atoms with Crippen LogP contribution in [0.4, 0.5) is 34.5 Å². The molecule has 0 aliphatic carbocycles. The Hall–Kier alpha value is -3.14. The summed E-state index contributed by atoms with van der Waals surface area (Å²) in [5.41, 5.74) is 5.09. The highest BCUT2D eigenvalue weighted by Gasteiger charge is 2.18. The van der Waals surface area contributed by atoms with Crippen LogP contribution in [0, 0.1) is 6.92 Å². The van der Waals surface area contributed by atoms with Crippen molar-refractivity contribution in [3.63, 3.8) is 0 Å². The Labute approximate surface area is 210 Å². The number of halogens is 1. The summed E-state index contributed by atoms with van der Waals surface area (Å²) in [6, 6.07) is 10.4. The Kier molecular flexibility index (Phi) is 7.17. The van der Waals surface area contributed by atoms with Crippen molar-refractivity contribution < 1.29 is 9.47 Å². The van der Waals surface area contributed by atoms with E-state index in [0.29, 0.717) is 11.1 Å². The Morgan fingerprint density at radius 1 is 0.914 bits per heavy atom. The zero-order valence-corrected chi connectivity index (χ0v) is 20.8. The lowest BCUT2D eigenvalue weighted by atomic mass is 10.2. The van der Waals surface area contributed by atoms with Crippen LogP contribution in [0.3, 0.4) is 0 Å². The van der Waals surface area contributed by atoms with Gasteiger partial charge in [-0.15, -0.1) is 0 Å². The van der Waals surface area contributed by atoms with Gasteiger partial charge < -0.3 is 29.5 Å². The second-order valence-electron chi connectivity index (χ2n) is 8.66. The zero-order chi connectivity index (χ0) is 24.2. The van der Waals surface area contributed by atoms with Crippen LogP contribution in [-0.4, -0.2) is 74.6 Å². The third kappa shape index (κ3) is 5.58. The average Bonchev–Trinajstić information content (AvgIpc) is 2.91. The first-order valence-corrected chi connectivity index (χ1v) is 12.2. The first-order valence-electron chi connectivity index (χ1n) is 11.8. The van der Waals surface area contributed by atoms with Gasteiger partial charge in [0.2, 0.25) is 5.95 Å². The van der Waals surface area contributed by atoms with Gasteiger partial charge in [0.05, 0.1) is 38.3 Å². The van der Waals surface area contributed by atoms with Gasteiger partial charge in [-0.1, -0.05) is 11.6 Å². The van der Waals surface area contributed by atoms with Gasteiger partial charge in [-0.2, -0.15) is 4.98 Å². The molecule has 2 aromatic heterocycles. The second-order valence-corrected chi connectivity index (χ2v) is 9.02. The summed E-state index contributed by atoms with van der Waals surface area (Å²) in [5, 5.41) is 3.93. The summed E-state index contributed by atoms with van der Waals surface area (Å²) in [4.78, 5) is 20.2. The smallest absolute Gasteiger partial charge is 0.229 e. The van der Waals surface area contributed by atoms with Crippen molar-refractivity contribution in [2.24, 2.45) is 0 Å². The first-order chi connectivity index (χ1) is 17.1. The number of morpholine rings is 2. The number of ether oxygens (including phenoxy) is 2. The van der Waals surface area contributed by atoms with E-state index < -0.39 is 0 Å². The fourth-order valence-corrected chi connectivity index (χ4v) is 4.36. The molecular formula is C25H30ClN7O2. The third-order valence-electron chi connectivity index (χ3n) is 6.28. The van der Waals surface area contributed by atoms with E-state index in [4.69, 9.17) is 26.1 Å². The summed E-state index contributed by atoms with van der Waals surface area (Å²) in [6.45, 7) is 8.38. The Bertz CT molecular complexity index is 1130. The number of benzene rings is 1. The minimum atomic E-state index is 0.503. The molecule has 0 radical (unpaired) electrons. The van der Waals surface area contributed by atoms with Crippen LogP contribution in [-0.2, 0) is 9.47 Å². The van der Waals surface area contributed by atoms with E-state index in [0.717, 1.165) is 86.7 Å². The van der Waals surface area contributed by atoms with Gasteiger partial charge in [0.25, 0.3) is 0 Å². The molecule has 3 aromatic rings. The lowest BCUT2D eigenvalue weighted by Crippen LogP contribution is -2.38. The Morgan fingerprint density at radius 3 is 2.14 bits per heavy atom. The Balaban J connectivity index is 1.42. The van der Waals surface area contributed by atoms with Crippen LogP contribution < -0.4 is 20.0 Å². The van der Waals surface area contributed by atoms with Crippen LogP contribution >= 0.6 is 11.6 Å². The van der Waals surface area contributed by atoms with Gasteiger partial charge in [0, 0.05) is 56.5 Å². The van der Waals surface area contributed by atoms with Gasteiger partial charge in [-0.25, -0.2) is 9.97 Å². The number of rotatable bonds is 6. The van der Waals surface area contributed by atoms with Crippen LogP contribution in [0.15, 0.2) is 42.7 Å². The third-order valence-corrected chi connectivity index (χ3v) is 6.68. The molecule has 0 atom stereocenters. The van der Waals surface area contributed by atoms with Crippen LogP contribution in [0.25, 0.3) is 0 Å². The number of anilines is 6. The molecule has 2 aliphatic rings. The number of nitrogens with one attached hydrogen (secondary N) is 1. The lowest BCUT2D eigenvalue weighted by molar-refractivity contribution is 0.122. The summed E-state index contributed by atoms with van der Waals surface area (Å²) in [5.74, 6) is 1.28. The molecule has 1 N–H and O–H groups in total. The molecule has 4 heterocycles. The number of pyridine rings is 1. The maximum Gasteiger partial charge on any atom is 0.229 e. The quantitative estimate of drug-likeness (QED) is 0.510. The van der Waals surface area contributed by atoms with Crippen molar-refractivity contribution in [1.82, 2.24) is 15.0 Å². The first kappa shape index (κ1) is 23.6. The van der Waals surface area contributed by atoms with Gasteiger partial charge in [-0.3, -0.25) is 0 Å². The van der Waals surface area contributed by atoms with E-state index >= 15 is 0 Å². The number of nitrogens with zero attached hydrogens (tertiary/aromatic N) is 6. The van der Waals surface area contributed by atoms with Gasteiger partial charge in [0.15, 0.2) is 0 Å². The molecule has 2 aliphatic heterocycles. The van der Waals surface area contributed by atoms with Gasteiger partial charge in [0.1, 0.15) is 11.0 Å². The molecule has 1 aromatic carbocycles. The highest BCUT2D eigenvalue weighted by molar-refractivity contribution is 6.30. The lowest BCUT2D eigenvalue weighted by Gasteiger charge is -2.33. The highest BCUT2D eigenvalue weighted by Crippen LogP contribution is 2.31. The Morgan fingerprint density at radius 2 is 1.54 bits per heavy atom. The molecule has 0 unspecified atom stereocenters. The molecule has 0 spiro atoms. The van der Waals surface area contributed by atoms with E-state index in [-0.39, 0.29) is 0 Å². The summed E-state index contributed by atoms with van der Waals surface area (Å²) < 4.78 is 11.1. The maximum absolute atomic E-state index is 6.10. The summed E-state index contributed by atoms with van der Waals surface area (Å²) >= 11 is 6.10. The van der Waals surface area contributed by atoms with Gasteiger partial charge >= 0.3 is 0 Å². The fraction of sp³-hybridized carbons (Fsp3) is 0.400. The van der Waals surface area contributed by atoms with Crippen molar-refractivity contribution in [3.05, 3.63) is 53.4 Å². The van der Waals surface area contributed by atoms with E-state index in [9.17, 15) is 0 Å².